The lowest BCUT2D eigenvalue weighted by atomic mass is 9.91. The lowest BCUT2D eigenvalue weighted by molar-refractivity contribution is -0.101. The molecule has 0 atom stereocenters. The molecule has 2 fully saturated rings. The number of benzene rings is 2. The number of carboxylic acids is 2. The minimum absolute atomic E-state index is 0.0897. The number of piperidine rings is 1. The summed E-state index contributed by atoms with van der Waals surface area (Å²) in [5.74, 6) is -2.57. The molecular weight excluding hydrogens is 478 g/mol. The summed E-state index contributed by atoms with van der Waals surface area (Å²) in [5, 5.41) is 18.4. The topological polar surface area (TPSA) is 123 Å². The minimum atomic E-state index is -1.30. The van der Waals surface area contributed by atoms with Gasteiger partial charge in [-0.2, -0.15) is 0 Å². The zero-order valence-corrected chi connectivity index (χ0v) is 21.3. The van der Waals surface area contributed by atoms with Crippen LogP contribution in [0.2, 0.25) is 0 Å². The van der Waals surface area contributed by atoms with Crippen molar-refractivity contribution < 1.29 is 38.8 Å². The third-order valence-electron chi connectivity index (χ3n) is 6.50. The molecule has 198 valence electrons. The molecule has 2 N–H and O–H groups in total. The molecule has 0 radical (unpaired) electrons. The van der Waals surface area contributed by atoms with Crippen LogP contribution in [-0.4, -0.2) is 65.1 Å². The number of aromatic carboxylic acids is 2. The van der Waals surface area contributed by atoms with Crippen molar-refractivity contribution in [3.63, 3.8) is 0 Å². The van der Waals surface area contributed by atoms with Crippen LogP contribution in [0.15, 0.2) is 42.5 Å². The number of nitrogens with zero attached hydrogens (tertiary/aromatic N) is 1. The van der Waals surface area contributed by atoms with Gasteiger partial charge in [-0.1, -0.05) is 0 Å². The molecule has 1 heterocycles. The predicted molar refractivity (Wildman–Crippen MR) is 136 cm³/mol. The third kappa shape index (κ3) is 6.80. The number of hydrogen-bond donors (Lipinski definition) is 2. The Morgan fingerprint density at radius 2 is 1.46 bits per heavy atom. The SMILES string of the molecule is CC(C)(C)OC(=O)c1ccc(N2CCC(O[C@H]3C[C@H](Oc4ccc(C(=O)O)c(C(=O)O)c4)C3)CC2)cc1. The fourth-order valence-corrected chi connectivity index (χ4v) is 4.54. The zero-order chi connectivity index (χ0) is 26.7. The first-order valence-corrected chi connectivity index (χ1v) is 12.5. The molecule has 37 heavy (non-hydrogen) atoms. The fraction of sp³-hybridized carbons (Fsp3) is 0.464. The highest BCUT2D eigenvalue weighted by molar-refractivity contribution is 6.02. The minimum Gasteiger partial charge on any atom is -0.490 e. The monoisotopic (exact) mass is 511 g/mol. The third-order valence-corrected chi connectivity index (χ3v) is 6.50. The van der Waals surface area contributed by atoms with Crippen LogP contribution in [-0.2, 0) is 9.47 Å². The Labute approximate surface area is 215 Å². The van der Waals surface area contributed by atoms with Crippen LogP contribution in [0.25, 0.3) is 0 Å². The van der Waals surface area contributed by atoms with Crippen molar-refractivity contribution in [2.45, 2.75) is 70.4 Å². The highest BCUT2D eigenvalue weighted by Gasteiger charge is 2.35. The molecule has 0 unspecified atom stereocenters. The molecule has 0 spiro atoms. The summed E-state index contributed by atoms with van der Waals surface area (Å²) in [6.45, 7) is 7.26. The largest absolute Gasteiger partial charge is 0.490 e. The maximum Gasteiger partial charge on any atom is 0.338 e. The number of carbonyl (C=O) groups excluding carboxylic acids is 1. The van der Waals surface area contributed by atoms with Crippen LogP contribution in [0.5, 0.6) is 5.75 Å². The maximum absolute atomic E-state index is 12.2. The van der Waals surface area contributed by atoms with Crippen molar-refractivity contribution >= 4 is 23.6 Å². The van der Waals surface area contributed by atoms with E-state index in [1.165, 1.54) is 18.2 Å². The second kappa shape index (κ2) is 10.8. The summed E-state index contributed by atoms with van der Waals surface area (Å²) in [7, 11) is 0. The second-order valence-electron chi connectivity index (χ2n) is 10.5. The van der Waals surface area contributed by atoms with Crippen molar-refractivity contribution in [2.24, 2.45) is 0 Å². The first-order valence-electron chi connectivity index (χ1n) is 12.5. The molecule has 2 aromatic carbocycles. The Bertz CT molecular complexity index is 1140. The Morgan fingerprint density at radius 3 is 2.03 bits per heavy atom. The lowest BCUT2D eigenvalue weighted by Gasteiger charge is -2.40. The summed E-state index contributed by atoms with van der Waals surface area (Å²) in [5.41, 5.74) is 0.526. The Kier molecular flexibility index (Phi) is 7.73. The van der Waals surface area contributed by atoms with E-state index in [1.807, 2.05) is 32.9 Å². The molecule has 1 saturated heterocycles. The quantitative estimate of drug-likeness (QED) is 0.488. The summed E-state index contributed by atoms with van der Waals surface area (Å²) in [4.78, 5) is 37.1. The van der Waals surface area contributed by atoms with Gasteiger partial charge in [-0.05, 0) is 76.1 Å². The summed E-state index contributed by atoms with van der Waals surface area (Å²) in [6.07, 6.45) is 3.36. The first-order chi connectivity index (χ1) is 17.5. The van der Waals surface area contributed by atoms with Gasteiger partial charge in [0, 0.05) is 31.6 Å². The van der Waals surface area contributed by atoms with Crippen molar-refractivity contribution in [1.82, 2.24) is 0 Å². The van der Waals surface area contributed by atoms with Gasteiger partial charge in [-0.3, -0.25) is 0 Å². The van der Waals surface area contributed by atoms with Crippen LogP contribution in [0.4, 0.5) is 5.69 Å². The number of carbonyl (C=O) groups is 3. The van der Waals surface area contributed by atoms with E-state index >= 15 is 0 Å². The van der Waals surface area contributed by atoms with E-state index in [4.69, 9.17) is 19.3 Å². The fourth-order valence-electron chi connectivity index (χ4n) is 4.54. The van der Waals surface area contributed by atoms with E-state index in [0.29, 0.717) is 24.2 Å². The Hall–Kier alpha value is -3.59. The molecule has 1 aliphatic heterocycles. The van der Waals surface area contributed by atoms with Crippen molar-refractivity contribution in [1.29, 1.82) is 0 Å². The summed E-state index contributed by atoms with van der Waals surface area (Å²) in [6, 6.07) is 11.5. The van der Waals surface area contributed by atoms with E-state index in [1.54, 1.807) is 12.1 Å². The average molecular weight is 512 g/mol. The average Bonchev–Trinajstić information content (AvgIpc) is 2.82. The lowest BCUT2D eigenvalue weighted by Crippen LogP contribution is -2.44. The Balaban J connectivity index is 1.20. The van der Waals surface area contributed by atoms with Gasteiger partial charge in [-0.15, -0.1) is 0 Å². The molecule has 2 aromatic rings. The number of esters is 1. The maximum atomic E-state index is 12.2. The van der Waals surface area contributed by atoms with E-state index in [0.717, 1.165) is 31.6 Å². The normalized spacial score (nSPS) is 20.1. The predicted octanol–water partition coefficient (Wildman–Crippen LogP) is 4.63. The number of anilines is 1. The van der Waals surface area contributed by atoms with Crippen LogP contribution >= 0.6 is 0 Å². The molecule has 0 amide bonds. The first kappa shape index (κ1) is 26.5. The van der Waals surface area contributed by atoms with Crippen LogP contribution in [0.1, 0.15) is 77.5 Å². The molecule has 9 nitrogen and oxygen atoms in total. The van der Waals surface area contributed by atoms with Gasteiger partial charge in [-0.25, -0.2) is 14.4 Å². The molecule has 0 bridgehead atoms. The van der Waals surface area contributed by atoms with Gasteiger partial charge in [0.25, 0.3) is 0 Å². The van der Waals surface area contributed by atoms with Gasteiger partial charge < -0.3 is 29.3 Å². The summed E-state index contributed by atoms with van der Waals surface area (Å²) >= 11 is 0. The highest BCUT2D eigenvalue weighted by atomic mass is 16.6. The zero-order valence-electron chi connectivity index (χ0n) is 21.3. The number of ether oxygens (including phenoxy) is 3. The molecule has 4 rings (SSSR count). The number of carboxylic acid groups (broad SMARTS) is 2. The van der Waals surface area contributed by atoms with Gasteiger partial charge in [0.2, 0.25) is 0 Å². The van der Waals surface area contributed by atoms with Crippen molar-refractivity contribution in [3.05, 3.63) is 59.2 Å². The van der Waals surface area contributed by atoms with Crippen LogP contribution < -0.4 is 9.64 Å². The molecule has 1 saturated carbocycles. The van der Waals surface area contributed by atoms with Crippen LogP contribution in [0, 0.1) is 0 Å². The Morgan fingerprint density at radius 1 is 0.838 bits per heavy atom. The standard InChI is InChI=1S/C28H33NO8/c1-28(2,3)37-27(34)17-4-6-18(7-5-17)29-12-10-19(11-13-29)35-21-14-22(15-21)36-20-8-9-23(25(30)31)24(16-20)26(32)33/h4-9,16,19,21-22H,10-15H2,1-3H3,(H,30,31)(H,32,33)/t21-,22-. The summed E-state index contributed by atoms with van der Waals surface area (Å²) < 4.78 is 17.5. The molecule has 9 heteroatoms. The molecular formula is C28H33NO8. The van der Waals surface area contributed by atoms with Crippen LogP contribution in [0.3, 0.4) is 0 Å². The van der Waals surface area contributed by atoms with Crippen molar-refractivity contribution in [2.75, 3.05) is 18.0 Å². The molecule has 0 aromatic heterocycles. The highest BCUT2D eigenvalue weighted by Crippen LogP contribution is 2.32. The number of hydrogen-bond acceptors (Lipinski definition) is 7. The van der Waals surface area contributed by atoms with Crippen molar-refractivity contribution in [3.8, 4) is 5.75 Å². The van der Waals surface area contributed by atoms with E-state index < -0.39 is 17.5 Å². The second-order valence-corrected chi connectivity index (χ2v) is 10.5. The van der Waals surface area contributed by atoms with E-state index in [9.17, 15) is 19.5 Å². The van der Waals surface area contributed by atoms with Gasteiger partial charge in [0.15, 0.2) is 0 Å². The van der Waals surface area contributed by atoms with Gasteiger partial charge in [0.1, 0.15) is 17.5 Å². The van der Waals surface area contributed by atoms with E-state index in [2.05, 4.69) is 4.90 Å². The van der Waals surface area contributed by atoms with Gasteiger partial charge in [0.05, 0.1) is 28.9 Å². The van der Waals surface area contributed by atoms with E-state index in [-0.39, 0.29) is 35.4 Å². The number of rotatable bonds is 8. The van der Waals surface area contributed by atoms with Gasteiger partial charge >= 0.3 is 17.9 Å². The molecule has 1 aliphatic carbocycles. The molecule has 2 aliphatic rings. The smallest absolute Gasteiger partial charge is 0.338 e.